The van der Waals surface area contributed by atoms with Crippen molar-refractivity contribution in [3.63, 3.8) is 0 Å². The number of carbonyl (C=O) groups is 2. The van der Waals surface area contributed by atoms with Crippen LogP contribution < -0.4 is 9.64 Å². The normalized spacial score (nSPS) is 14.6. The largest absolute Gasteiger partial charge is 0.495 e. The van der Waals surface area contributed by atoms with E-state index >= 15 is 0 Å². The molecule has 0 aliphatic carbocycles. The van der Waals surface area contributed by atoms with Gasteiger partial charge in [0.25, 0.3) is 11.8 Å². The van der Waals surface area contributed by atoms with Gasteiger partial charge in [-0.2, -0.15) is 0 Å². The van der Waals surface area contributed by atoms with Crippen molar-refractivity contribution < 1.29 is 14.3 Å². The first kappa shape index (κ1) is 16.6. The van der Waals surface area contributed by atoms with Gasteiger partial charge in [0.05, 0.1) is 23.4 Å². The summed E-state index contributed by atoms with van der Waals surface area (Å²) < 4.78 is 5.08. The lowest BCUT2D eigenvalue weighted by Gasteiger charge is -2.16. The Kier molecular flexibility index (Phi) is 4.35. The molecule has 1 aliphatic heterocycles. The third kappa shape index (κ3) is 2.68. The second kappa shape index (κ2) is 6.30. The summed E-state index contributed by atoms with van der Waals surface area (Å²) in [5, 5.41) is 0.200. The summed E-state index contributed by atoms with van der Waals surface area (Å²) in [6.45, 7) is 1.94. The van der Waals surface area contributed by atoms with E-state index in [-0.39, 0.29) is 10.6 Å². The van der Waals surface area contributed by atoms with Crippen molar-refractivity contribution in [1.82, 2.24) is 0 Å². The number of imide groups is 1. The predicted octanol–water partition coefficient (Wildman–Crippen LogP) is 4.18. The molecule has 24 heavy (non-hydrogen) atoms. The molecule has 1 heterocycles. The van der Waals surface area contributed by atoms with Gasteiger partial charge in [0, 0.05) is 0 Å². The number of nitrogens with zero attached hydrogens (tertiary/aromatic N) is 1. The van der Waals surface area contributed by atoms with Gasteiger partial charge in [-0.3, -0.25) is 9.59 Å². The standard InChI is InChI=1S/C18H13Cl2NO3/c1-10-3-5-11(6-4-10)15-16(20)18(23)21(17(15)22)12-7-8-14(24-2)13(19)9-12/h3-9H,1-2H3. The van der Waals surface area contributed by atoms with E-state index in [4.69, 9.17) is 27.9 Å². The summed E-state index contributed by atoms with van der Waals surface area (Å²) >= 11 is 12.2. The number of benzene rings is 2. The fourth-order valence-corrected chi connectivity index (χ4v) is 3.03. The van der Waals surface area contributed by atoms with E-state index in [0.717, 1.165) is 10.5 Å². The molecule has 0 radical (unpaired) electrons. The van der Waals surface area contributed by atoms with Crippen LogP contribution >= 0.6 is 23.2 Å². The van der Waals surface area contributed by atoms with Gasteiger partial charge in [-0.25, -0.2) is 4.90 Å². The number of halogens is 2. The lowest BCUT2D eigenvalue weighted by Crippen LogP contribution is -2.31. The molecule has 0 saturated heterocycles. The SMILES string of the molecule is COc1ccc(N2C(=O)C(Cl)=C(c3ccc(C)cc3)C2=O)cc1Cl. The van der Waals surface area contributed by atoms with Crippen LogP contribution in [0.2, 0.25) is 5.02 Å². The molecule has 0 aromatic heterocycles. The summed E-state index contributed by atoms with van der Waals surface area (Å²) in [4.78, 5) is 26.3. The van der Waals surface area contributed by atoms with Gasteiger partial charge < -0.3 is 4.74 Å². The third-order valence-electron chi connectivity index (χ3n) is 3.76. The maximum atomic E-state index is 12.8. The Morgan fingerprint density at radius 2 is 1.62 bits per heavy atom. The van der Waals surface area contributed by atoms with Gasteiger partial charge in [-0.1, -0.05) is 53.0 Å². The van der Waals surface area contributed by atoms with Gasteiger partial charge >= 0.3 is 0 Å². The maximum Gasteiger partial charge on any atom is 0.277 e. The summed E-state index contributed by atoms with van der Waals surface area (Å²) in [7, 11) is 1.49. The minimum Gasteiger partial charge on any atom is -0.495 e. The van der Waals surface area contributed by atoms with Crippen LogP contribution in [0.15, 0.2) is 47.5 Å². The average molecular weight is 362 g/mol. The van der Waals surface area contributed by atoms with Crippen LogP contribution in [0.3, 0.4) is 0 Å². The van der Waals surface area contributed by atoms with Crippen LogP contribution in [0.1, 0.15) is 11.1 Å². The minimum absolute atomic E-state index is 0.101. The first-order valence-corrected chi connectivity index (χ1v) is 7.88. The average Bonchev–Trinajstić information content (AvgIpc) is 2.78. The fourth-order valence-electron chi connectivity index (χ4n) is 2.50. The molecule has 0 saturated carbocycles. The zero-order valence-electron chi connectivity index (χ0n) is 13.0. The van der Waals surface area contributed by atoms with E-state index in [2.05, 4.69) is 0 Å². The van der Waals surface area contributed by atoms with Crippen molar-refractivity contribution in [2.24, 2.45) is 0 Å². The van der Waals surface area contributed by atoms with Gasteiger partial charge in [0.2, 0.25) is 0 Å². The molecular formula is C18H13Cl2NO3. The Labute approximate surface area is 149 Å². The van der Waals surface area contributed by atoms with Crippen LogP contribution in [0.5, 0.6) is 5.75 Å². The van der Waals surface area contributed by atoms with Crippen LogP contribution in [-0.4, -0.2) is 18.9 Å². The number of hydrogen-bond acceptors (Lipinski definition) is 3. The summed E-state index contributed by atoms with van der Waals surface area (Å²) in [6, 6.07) is 11.9. The Hall–Kier alpha value is -2.30. The van der Waals surface area contributed by atoms with Gasteiger partial charge in [-0.15, -0.1) is 0 Å². The molecule has 4 nitrogen and oxygen atoms in total. The highest BCUT2D eigenvalue weighted by molar-refractivity contribution is 6.60. The predicted molar refractivity (Wildman–Crippen MR) is 94.4 cm³/mol. The molecule has 0 N–H and O–H groups in total. The third-order valence-corrected chi connectivity index (χ3v) is 4.41. The first-order chi connectivity index (χ1) is 11.4. The Balaban J connectivity index is 2.02. The van der Waals surface area contributed by atoms with Gasteiger partial charge in [0.15, 0.2) is 0 Å². The highest BCUT2D eigenvalue weighted by atomic mass is 35.5. The van der Waals surface area contributed by atoms with Crippen LogP contribution in [0.25, 0.3) is 5.57 Å². The molecule has 0 atom stereocenters. The molecule has 122 valence electrons. The second-order valence-electron chi connectivity index (χ2n) is 5.32. The van der Waals surface area contributed by atoms with Crippen molar-refractivity contribution in [3.8, 4) is 5.75 Å². The highest BCUT2D eigenvalue weighted by Crippen LogP contribution is 2.37. The zero-order chi connectivity index (χ0) is 17.4. The summed E-state index contributed by atoms with van der Waals surface area (Å²) in [6.07, 6.45) is 0. The van der Waals surface area contributed by atoms with Crippen molar-refractivity contribution >= 4 is 46.3 Å². The number of anilines is 1. The van der Waals surface area contributed by atoms with E-state index in [1.807, 2.05) is 19.1 Å². The number of ether oxygens (including phenoxy) is 1. The molecule has 2 aromatic rings. The molecule has 0 spiro atoms. The van der Waals surface area contributed by atoms with E-state index in [1.165, 1.54) is 13.2 Å². The number of methoxy groups -OCH3 is 1. The molecule has 0 fully saturated rings. The fraction of sp³-hybridized carbons (Fsp3) is 0.111. The van der Waals surface area contributed by atoms with Crippen LogP contribution in [0.4, 0.5) is 5.69 Å². The molecular weight excluding hydrogens is 349 g/mol. The van der Waals surface area contributed by atoms with E-state index in [9.17, 15) is 9.59 Å². The maximum absolute atomic E-state index is 12.8. The molecule has 2 amide bonds. The smallest absolute Gasteiger partial charge is 0.277 e. The molecule has 0 unspecified atom stereocenters. The van der Waals surface area contributed by atoms with Crippen molar-refractivity contribution in [2.45, 2.75) is 6.92 Å². The number of carbonyl (C=O) groups excluding carboxylic acids is 2. The molecule has 0 bridgehead atoms. The number of amides is 2. The minimum atomic E-state index is -0.571. The molecule has 3 rings (SSSR count). The lowest BCUT2D eigenvalue weighted by atomic mass is 10.0. The van der Waals surface area contributed by atoms with Gasteiger partial charge in [-0.05, 0) is 30.7 Å². The van der Waals surface area contributed by atoms with Crippen LogP contribution in [-0.2, 0) is 9.59 Å². The summed E-state index contributed by atoms with van der Waals surface area (Å²) in [5.41, 5.74) is 2.18. The second-order valence-corrected chi connectivity index (χ2v) is 6.10. The molecule has 2 aromatic carbocycles. The first-order valence-electron chi connectivity index (χ1n) is 7.13. The number of hydrogen-bond donors (Lipinski definition) is 0. The Morgan fingerprint density at radius 1 is 0.958 bits per heavy atom. The van der Waals surface area contributed by atoms with E-state index < -0.39 is 11.8 Å². The lowest BCUT2D eigenvalue weighted by molar-refractivity contribution is -0.119. The number of aryl methyl sites for hydroxylation is 1. The Bertz CT molecular complexity index is 872. The van der Waals surface area contributed by atoms with E-state index in [0.29, 0.717) is 22.0 Å². The monoisotopic (exact) mass is 361 g/mol. The van der Waals surface area contributed by atoms with Gasteiger partial charge in [0.1, 0.15) is 10.8 Å². The van der Waals surface area contributed by atoms with E-state index in [1.54, 1.807) is 24.3 Å². The quantitative estimate of drug-likeness (QED) is 0.770. The zero-order valence-corrected chi connectivity index (χ0v) is 14.5. The summed E-state index contributed by atoms with van der Waals surface area (Å²) in [5.74, 6) is -0.592. The Morgan fingerprint density at radius 3 is 2.21 bits per heavy atom. The number of rotatable bonds is 3. The molecule has 1 aliphatic rings. The van der Waals surface area contributed by atoms with Crippen molar-refractivity contribution in [2.75, 3.05) is 12.0 Å². The topological polar surface area (TPSA) is 46.6 Å². The van der Waals surface area contributed by atoms with Crippen molar-refractivity contribution in [3.05, 3.63) is 63.6 Å². The molecule has 6 heteroatoms. The van der Waals surface area contributed by atoms with Crippen LogP contribution in [0, 0.1) is 6.92 Å². The highest BCUT2D eigenvalue weighted by Gasteiger charge is 2.39. The van der Waals surface area contributed by atoms with Crippen molar-refractivity contribution in [1.29, 1.82) is 0 Å².